The first-order chi connectivity index (χ1) is 8.11. The van der Waals surface area contributed by atoms with Crippen LogP contribution in [-0.4, -0.2) is 30.7 Å². The number of carbonyl (C=O) groups excluding carboxylic acids is 1. The number of carbonyl (C=O) groups is 1. The lowest BCUT2D eigenvalue weighted by atomic mass is 10.0. The number of ether oxygens (including phenoxy) is 1. The highest BCUT2D eigenvalue weighted by Gasteiger charge is 2.25. The Labute approximate surface area is 114 Å². The molecule has 0 N–H and O–H groups in total. The molecule has 1 aromatic rings. The fraction of sp³-hybridized carbons (Fsp3) is 0.583. The molecule has 2 heterocycles. The maximum Gasteiger partial charge on any atom is 0.409 e. The van der Waals surface area contributed by atoms with Crippen molar-refractivity contribution in [1.82, 2.24) is 4.90 Å². The van der Waals surface area contributed by atoms with Gasteiger partial charge in [-0.2, -0.15) is 0 Å². The summed E-state index contributed by atoms with van der Waals surface area (Å²) in [5.41, 5.74) is 1.37. The fourth-order valence-corrected chi connectivity index (χ4v) is 3.98. The van der Waals surface area contributed by atoms with Crippen LogP contribution in [0.25, 0.3) is 0 Å². The number of halogens is 1. The topological polar surface area (TPSA) is 29.5 Å². The van der Waals surface area contributed by atoms with E-state index in [0.29, 0.717) is 12.5 Å². The number of amides is 1. The Balaban J connectivity index is 2.12. The van der Waals surface area contributed by atoms with E-state index >= 15 is 0 Å². The highest BCUT2D eigenvalue weighted by molar-refractivity contribution is 9.11. The molecule has 0 aliphatic carbocycles. The minimum atomic E-state index is -0.187. The van der Waals surface area contributed by atoms with E-state index in [2.05, 4.69) is 28.9 Å². The number of hydrogen-bond acceptors (Lipinski definition) is 3. The summed E-state index contributed by atoms with van der Waals surface area (Å²) in [5.74, 6) is 0.374. The maximum absolute atomic E-state index is 11.7. The van der Waals surface area contributed by atoms with Crippen molar-refractivity contribution < 1.29 is 9.53 Å². The standard InChI is InChI=1S/C12H16BrNO2S/c1-3-16-12(15)14-5-4-10-9(8(2)7-14)6-11(13)17-10/h6,8H,3-5,7H2,1-2H3/t8-/m0/s1. The summed E-state index contributed by atoms with van der Waals surface area (Å²) in [7, 11) is 0. The molecule has 3 nitrogen and oxygen atoms in total. The van der Waals surface area contributed by atoms with Crippen LogP contribution in [0.1, 0.15) is 30.2 Å². The van der Waals surface area contributed by atoms with Crippen molar-refractivity contribution in [2.24, 2.45) is 0 Å². The molecule has 0 unspecified atom stereocenters. The summed E-state index contributed by atoms with van der Waals surface area (Å²) in [6.07, 6.45) is 0.739. The second-order valence-electron chi connectivity index (χ2n) is 4.23. The Bertz CT molecular complexity index is 419. The number of rotatable bonds is 1. The smallest absolute Gasteiger partial charge is 0.409 e. The largest absolute Gasteiger partial charge is 0.450 e. The van der Waals surface area contributed by atoms with Crippen LogP contribution in [0.4, 0.5) is 4.79 Å². The zero-order valence-electron chi connectivity index (χ0n) is 10.0. The third-order valence-electron chi connectivity index (χ3n) is 2.97. The molecule has 1 aliphatic rings. The lowest BCUT2D eigenvalue weighted by molar-refractivity contribution is 0.107. The normalized spacial score (nSPS) is 19.7. The van der Waals surface area contributed by atoms with E-state index in [9.17, 15) is 4.79 Å². The summed E-state index contributed by atoms with van der Waals surface area (Å²) in [6, 6.07) is 2.18. The molecule has 0 spiro atoms. The van der Waals surface area contributed by atoms with E-state index in [1.807, 2.05) is 11.8 Å². The number of nitrogens with zero attached hydrogens (tertiary/aromatic N) is 1. The Morgan fingerprint density at radius 3 is 3.18 bits per heavy atom. The van der Waals surface area contributed by atoms with Gasteiger partial charge < -0.3 is 9.64 Å². The van der Waals surface area contributed by atoms with Gasteiger partial charge in [-0.15, -0.1) is 11.3 Å². The molecule has 1 aliphatic heterocycles. The molecule has 0 fully saturated rings. The van der Waals surface area contributed by atoms with Gasteiger partial charge in [-0.1, -0.05) is 6.92 Å². The van der Waals surface area contributed by atoms with E-state index in [1.54, 1.807) is 11.3 Å². The summed E-state index contributed by atoms with van der Waals surface area (Å²) < 4.78 is 6.25. The van der Waals surface area contributed by atoms with E-state index < -0.39 is 0 Å². The molecule has 94 valence electrons. The van der Waals surface area contributed by atoms with Crippen molar-refractivity contribution in [3.8, 4) is 0 Å². The monoisotopic (exact) mass is 317 g/mol. The van der Waals surface area contributed by atoms with Crippen LogP contribution in [0.3, 0.4) is 0 Å². The molecule has 0 aromatic carbocycles. The highest BCUT2D eigenvalue weighted by Crippen LogP contribution is 2.34. The van der Waals surface area contributed by atoms with Crippen molar-refractivity contribution in [1.29, 1.82) is 0 Å². The van der Waals surface area contributed by atoms with E-state index in [-0.39, 0.29) is 6.09 Å². The molecule has 5 heteroatoms. The third kappa shape index (κ3) is 2.83. The lowest BCUT2D eigenvalue weighted by Gasteiger charge is -2.21. The van der Waals surface area contributed by atoms with Crippen LogP contribution >= 0.6 is 27.3 Å². The molecule has 0 saturated carbocycles. The highest BCUT2D eigenvalue weighted by atomic mass is 79.9. The minimum Gasteiger partial charge on any atom is -0.450 e. The molecule has 2 rings (SSSR count). The van der Waals surface area contributed by atoms with Crippen molar-refractivity contribution in [3.63, 3.8) is 0 Å². The van der Waals surface area contributed by atoms with Crippen molar-refractivity contribution >= 4 is 33.4 Å². The van der Waals surface area contributed by atoms with Gasteiger partial charge in [0.25, 0.3) is 0 Å². The van der Waals surface area contributed by atoms with Gasteiger partial charge in [-0.25, -0.2) is 4.79 Å². The molecule has 0 saturated heterocycles. The quantitative estimate of drug-likeness (QED) is 0.791. The van der Waals surface area contributed by atoms with Gasteiger partial charge in [-0.3, -0.25) is 0 Å². The van der Waals surface area contributed by atoms with Crippen molar-refractivity contribution in [3.05, 3.63) is 20.3 Å². The molecule has 1 aromatic heterocycles. The van der Waals surface area contributed by atoms with E-state index in [4.69, 9.17) is 4.74 Å². The third-order valence-corrected chi connectivity index (χ3v) is 4.69. The van der Waals surface area contributed by atoms with Gasteiger partial charge in [0.1, 0.15) is 0 Å². The lowest BCUT2D eigenvalue weighted by Crippen LogP contribution is -2.34. The molecule has 0 radical (unpaired) electrons. The van der Waals surface area contributed by atoms with Crippen LogP contribution in [0, 0.1) is 0 Å². The molecule has 0 bridgehead atoms. The molecular weight excluding hydrogens is 302 g/mol. The van der Waals surface area contributed by atoms with Crippen LogP contribution in [0.15, 0.2) is 9.85 Å². The van der Waals surface area contributed by atoms with Crippen molar-refractivity contribution in [2.45, 2.75) is 26.2 Å². The molecule has 1 atom stereocenters. The Morgan fingerprint density at radius 2 is 2.47 bits per heavy atom. The van der Waals surface area contributed by atoms with Crippen molar-refractivity contribution in [2.75, 3.05) is 19.7 Å². The first kappa shape index (κ1) is 12.9. The Kier molecular flexibility index (Phi) is 4.09. The van der Waals surface area contributed by atoms with Gasteiger partial charge in [0.2, 0.25) is 0 Å². The first-order valence-electron chi connectivity index (χ1n) is 5.81. The molecule has 17 heavy (non-hydrogen) atoms. The predicted molar refractivity (Wildman–Crippen MR) is 72.7 cm³/mol. The summed E-state index contributed by atoms with van der Waals surface area (Å²) >= 11 is 5.30. The summed E-state index contributed by atoms with van der Waals surface area (Å²) in [6.45, 7) is 5.94. The fourth-order valence-electron chi connectivity index (χ4n) is 2.16. The van der Waals surface area contributed by atoms with Gasteiger partial charge in [0.05, 0.1) is 10.4 Å². The summed E-state index contributed by atoms with van der Waals surface area (Å²) in [5, 5.41) is 0. The van der Waals surface area contributed by atoms with Gasteiger partial charge in [0, 0.05) is 18.0 Å². The molecule has 1 amide bonds. The van der Waals surface area contributed by atoms with E-state index in [1.165, 1.54) is 14.2 Å². The second kappa shape index (κ2) is 5.40. The SMILES string of the molecule is CCOC(=O)N1CCc2sc(Br)cc2[C@@H](C)C1. The number of hydrogen-bond donors (Lipinski definition) is 0. The molecular formula is C12H16BrNO2S. The van der Waals surface area contributed by atoms with Gasteiger partial charge in [-0.05, 0) is 46.8 Å². The predicted octanol–water partition coefficient (Wildman–Crippen LogP) is 3.63. The van der Waals surface area contributed by atoms with Crippen LogP contribution in [-0.2, 0) is 11.2 Å². The number of fused-ring (bicyclic) bond motifs is 1. The number of thiophene rings is 1. The van der Waals surface area contributed by atoms with Crippen LogP contribution in [0.5, 0.6) is 0 Å². The van der Waals surface area contributed by atoms with Gasteiger partial charge >= 0.3 is 6.09 Å². The first-order valence-corrected chi connectivity index (χ1v) is 7.42. The van der Waals surface area contributed by atoms with Gasteiger partial charge in [0.15, 0.2) is 0 Å². The average Bonchev–Trinajstić information content (AvgIpc) is 2.59. The average molecular weight is 318 g/mol. The Hall–Kier alpha value is -0.550. The van der Waals surface area contributed by atoms with Crippen LogP contribution in [0.2, 0.25) is 0 Å². The zero-order valence-corrected chi connectivity index (χ0v) is 12.4. The van der Waals surface area contributed by atoms with E-state index in [0.717, 1.165) is 19.5 Å². The Morgan fingerprint density at radius 1 is 1.71 bits per heavy atom. The summed E-state index contributed by atoms with van der Waals surface area (Å²) in [4.78, 5) is 14.9. The van der Waals surface area contributed by atoms with Crippen LogP contribution < -0.4 is 0 Å². The minimum absolute atomic E-state index is 0.187. The zero-order chi connectivity index (χ0) is 12.4. The maximum atomic E-state index is 11.7. The second-order valence-corrected chi connectivity index (χ2v) is 6.74.